The number of halogens is 1. The van der Waals surface area contributed by atoms with Gasteiger partial charge in [0.2, 0.25) is 0 Å². The second-order valence-corrected chi connectivity index (χ2v) is 6.80. The van der Waals surface area contributed by atoms with Gasteiger partial charge in [-0.2, -0.15) is 0 Å². The zero-order chi connectivity index (χ0) is 12.9. The maximum atomic E-state index is 5.89. The van der Waals surface area contributed by atoms with E-state index in [9.17, 15) is 0 Å². The van der Waals surface area contributed by atoms with Crippen molar-refractivity contribution in [2.24, 2.45) is 5.92 Å². The summed E-state index contributed by atoms with van der Waals surface area (Å²) in [7, 11) is 2.30. The van der Waals surface area contributed by atoms with Crippen LogP contribution in [0.15, 0.2) is 22.7 Å². The van der Waals surface area contributed by atoms with Crippen molar-refractivity contribution < 1.29 is 0 Å². The number of hydrogen-bond acceptors (Lipinski definition) is 2. The lowest BCUT2D eigenvalue weighted by atomic mass is 9.77. The van der Waals surface area contributed by atoms with Gasteiger partial charge >= 0.3 is 0 Å². The van der Waals surface area contributed by atoms with Crippen LogP contribution < -0.4 is 5.73 Å². The monoisotopic (exact) mass is 308 g/mol. The molecule has 0 amide bonds. The van der Waals surface area contributed by atoms with E-state index in [1.807, 2.05) is 6.07 Å². The molecule has 2 N–H and O–H groups in total. The number of piperidine rings is 1. The molecule has 98 valence electrons. The SMILES string of the molecule is CC1C(c2ccc(N)c(Br)c2)CC2CCC1N2C. The second kappa shape index (κ2) is 4.53. The highest BCUT2D eigenvalue weighted by Gasteiger charge is 2.43. The molecule has 2 saturated heterocycles. The highest BCUT2D eigenvalue weighted by molar-refractivity contribution is 9.10. The van der Waals surface area contributed by atoms with Crippen molar-refractivity contribution in [3.63, 3.8) is 0 Å². The van der Waals surface area contributed by atoms with E-state index in [4.69, 9.17) is 5.73 Å². The van der Waals surface area contributed by atoms with Crippen LogP contribution in [-0.2, 0) is 0 Å². The van der Waals surface area contributed by atoms with Crippen LogP contribution in [-0.4, -0.2) is 24.0 Å². The van der Waals surface area contributed by atoms with E-state index >= 15 is 0 Å². The minimum atomic E-state index is 0.690. The number of nitrogens with two attached hydrogens (primary N) is 1. The molecular formula is C15H21BrN2. The predicted molar refractivity (Wildman–Crippen MR) is 79.6 cm³/mol. The number of benzene rings is 1. The lowest BCUT2D eigenvalue weighted by Crippen LogP contribution is -2.44. The minimum absolute atomic E-state index is 0.690. The van der Waals surface area contributed by atoms with Gasteiger partial charge in [-0.25, -0.2) is 0 Å². The fraction of sp³-hybridized carbons (Fsp3) is 0.600. The molecule has 0 saturated carbocycles. The van der Waals surface area contributed by atoms with Crippen molar-refractivity contribution >= 4 is 21.6 Å². The van der Waals surface area contributed by atoms with Crippen LogP contribution in [0.2, 0.25) is 0 Å². The normalized spacial score (nSPS) is 35.9. The summed E-state index contributed by atoms with van der Waals surface area (Å²) < 4.78 is 1.04. The van der Waals surface area contributed by atoms with Crippen LogP contribution in [0.5, 0.6) is 0 Å². The van der Waals surface area contributed by atoms with Crippen LogP contribution in [0.4, 0.5) is 5.69 Å². The fourth-order valence-electron chi connectivity index (χ4n) is 3.95. The Bertz CT molecular complexity index is 460. The standard InChI is InChI=1S/C15H21BrN2/c1-9-12(8-11-4-6-15(9)18(11)2)10-3-5-14(17)13(16)7-10/h3,5,7,9,11-12,15H,4,6,8,17H2,1-2H3. The number of rotatable bonds is 1. The van der Waals surface area contributed by atoms with E-state index in [0.717, 1.165) is 28.2 Å². The molecule has 18 heavy (non-hydrogen) atoms. The molecular weight excluding hydrogens is 288 g/mol. The van der Waals surface area contributed by atoms with Gasteiger partial charge in [-0.05, 0) is 71.8 Å². The second-order valence-electron chi connectivity index (χ2n) is 5.95. The Balaban J connectivity index is 1.90. The zero-order valence-corrected chi connectivity index (χ0v) is 12.7. The first kappa shape index (κ1) is 12.5. The number of nitrogens with zero attached hydrogens (tertiary/aromatic N) is 1. The summed E-state index contributed by atoms with van der Waals surface area (Å²) in [6, 6.07) is 8.03. The third-order valence-corrected chi connectivity index (χ3v) is 5.80. The van der Waals surface area contributed by atoms with Crippen molar-refractivity contribution in [2.45, 2.75) is 44.2 Å². The van der Waals surface area contributed by atoms with E-state index < -0.39 is 0 Å². The van der Waals surface area contributed by atoms with Gasteiger partial charge in [0.25, 0.3) is 0 Å². The average Bonchev–Trinajstić information content (AvgIpc) is 2.60. The smallest absolute Gasteiger partial charge is 0.0458 e. The molecule has 0 spiro atoms. The summed E-state index contributed by atoms with van der Waals surface area (Å²) in [5.74, 6) is 1.43. The predicted octanol–water partition coefficient (Wildman–Crippen LogP) is 3.62. The van der Waals surface area contributed by atoms with Gasteiger partial charge in [-0.15, -0.1) is 0 Å². The fourth-order valence-corrected chi connectivity index (χ4v) is 4.35. The molecule has 4 unspecified atom stereocenters. The molecule has 2 aliphatic heterocycles. The van der Waals surface area contributed by atoms with Crippen LogP contribution >= 0.6 is 15.9 Å². The Morgan fingerprint density at radius 1 is 1.33 bits per heavy atom. The molecule has 2 heterocycles. The van der Waals surface area contributed by atoms with Gasteiger partial charge in [0.15, 0.2) is 0 Å². The summed E-state index contributed by atoms with van der Waals surface area (Å²) in [6.07, 6.45) is 4.04. The summed E-state index contributed by atoms with van der Waals surface area (Å²) in [5, 5.41) is 0. The topological polar surface area (TPSA) is 29.3 Å². The average molecular weight is 309 g/mol. The summed E-state index contributed by atoms with van der Waals surface area (Å²) in [6.45, 7) is 2.41. The van der Waals surface area contributed by atoms with Crippen LogP contribution in [0.3, 0.4) is 0 Å². The Morgan fingerprint density at radius 3 is 2.83 bits per heavy atom. The quantitative estimate of drug-likeness (QED) is 0.803. The largest absolute Gasteiger partial charge is 0.398 e. The van der Waals surface area contributed by atoms with Gasteiger partial charge in [0.05, 0.1) is 0 Å². The van der Waals surface area contributed by atoms with Crippen molar-refractivity contribution in [3.8, 4) is 0 Å². The number of anilines is 1. The lowest BCUT2D eigenvalue weighted by molar-refractivity contribution is 0.110. The molecule has 0 aliphatic carbocycles. The maximum absolute atomic E-state index is 5.89. The third kappa shape index (κ3) is 1.88. The molecule has 2 bridgehead atoms. The van der Waals surface area contributed by atoms with Crippen molar-refractivity contribution in [2.75, 3.05) is 12.8 Å². The first-order valence-corrected chi connectivity index (χ1v) is 7.64. The van der Waals surface area contributed by atoms with E-state index in [0.29, 0.717) is 5.92 Å². The van der Waals surface area contributed by atoms with Gasteiger partial charge in [-0.1, -0.05) is 13.0 Å². The van der Waals surface area contributed by atoms with Crippen molar-refractivity contribution in [1.29, 1.82) is 0 Å². The first-order chi connectivity index (χ1) is 8.58. The molecule has 1 aromatic carbocycles. The van der Waals surface area contributed by atoms with E-state index in [-0.39, 0.29) is 0 Å². The number of hydrogen-bond donors (Lipinski definition) is 1. The Hall–Kier alpha value is -0.540. The van der Waals surface area contributed by atoms with Gasteiger partial charge in [-0.3, -0.25) is 0 Å². The third-order valence-electron chi connectivity index (χ3n) is 5.12. The number of fused-ring (bicyclic) bond motifs is 2. The van der Waals surface area contributed by atoms with E-state index in [2.05, 4.69) is 46.9 Å². The lowest BCUT2D eigenvalue weighted by Gasteiger charge is -2.41. The summed E-state index contributed by atoms with van der Waals surface area (Å²) >= 11 is 3.55. The molecule has 4 atom stereocenters. The van der Waals surface area contributed by atoms with Crippen molar-refractivity contribution in [3.05, 3.63) is 28.2 Å². The van der Waals surface area contributed by atoms with Gasteiger partial charge in [0, 0.05) is 22.2 Å². The molecule has 0 radical (unpaired) electrons. The van der Waals surface area contributed by atoms with Crippen molar-refractivity contribution in [1.82, 2.24) is 4.90 Å². The van der Waals surface area contributed by atoms with Crippen LogP contribution in [0.25, 0.3) is 0 Å². The summed E-state index contributed by atoms with van der Waals surface area (Å²) in [5.41, 5.74) is 8.17. The van der Waals surface area contributed by atoms with E-state index in [1.165, 1.54) is 24.8 Å². The Morgan fingerprint density at radius 2 is 2.11 bits per heavy atom. The zero-order valence-electron chi connectivity index (χ0n) is 11.1. The Kier molecular flexibility index (Phi) is 3.15. The van der Waals surface area contributed by atoms with Gasteiger partial charge < -0.3 is 10.6 Å². The van der Waals surface area contributed by atoms with Crippen LogP contribution in [0, 0.1) is 5.92 Å². The summed E-state index contributed by atoms with van der Waals surface area (Å²) in [4.78, 5) is 2.60. The minimum Gasteiger partial charge on any atom is -0.398 e. The highest BCUT2D eigenvalue weighted by Crippen LogP contribution is 2.46. The molecule has 2 aliphatic rings. The molecule has 0 aromatic heterocycles. The molecule has 3 heteroatoms. The van der Waals surface area contributed by atoms with E-state index in [1.54, 1.807) is 0 Å². The van der Waals surface area contributed by atoms with Gasteiger partial charge in [0.1, 0.15) is 0 Å². The molecule has 2 nitrogen and oxygen atoms in total. The van der Waals surface area contributed by atoms with Crippen LogP contribution in [0.1, 0.15) is 37.7 Å². The Labute approximate surface area is 118 Å². The number of nitrogen functional groups attached to an aromatic ring is 1. The molecule has 2 fully saturated rings. The first-order valence-electron chi connectivity index (χ1n) is 6.84. The highest BCUT2D eigenvalue weighted by atomic mass is 79.9. The molecule has 3 rings (SSSR count). The molecule has 1 aromatic rings. The maximum Gasteiger partial charge on any atom is 0.0458 e.